The van der Waals surface area contributed by atoms with E-state index in [0.29, 0.717) is 11.4 Å². The van der Waals surface area contributed by atoms with E-state index in [1.807, 2.05) is 0 Å². The van der Waals surface area contributed by atoms with Gasteiger partial charge in [0.25, 0.3) is 15.9 Å². The normalized spacial score (nSPS) is 14.1. The first-order valence-corrected chi connectivity index (χ1v) is 11.7. The molecule has 10 nitrogen and oxygen atoms in total. The first-order chi connectivity index (χ1) is 15.4. The van der Waals surface area contributed by atoms with Gasteiger partial charge in [0.1, 0.15) is 0 Å². The van der Waals surface area contributed by atoms with Crippen molar-refractivity contribution in [1.82, 2.24) is 20.2 Å². The number of benzene rings is 1. The first-order valence-electron chi connectivity index (χ1n) is 10.2. The summed E-state index contributed by atoms with van der Waals surface area (Å²) in [5.41, 5.74) is 1.26. The molecular weight excluding hydrogens is 430 g/mol. The van der Waals surface area contributed by atoms with Crippen LogP contribution in [0.3, 0.4) is 0 Å². The van der Waals surface area contributed by atoms with Crippen LogP contribution in [-0.4, -0.2) is 47.6 Å². The molecule has 1 fully saturated rings. The molecule has 11 heteroatoms. The second kappa shape index (κ2) is 9.27. The molecule has 0 spiro atoms. The second-order valence-electron chi connectivity index (χ2n) is 7.43. The van der Waals surface area contributed by atoms with Crippen molar-refractivity contribution in [3.63, 3.8) is 0 Å². The summed E-state index contributed by atoms with van der Waals surface area (Å²) in [7, 11) is -3.86. The van der Waals surface area contributed by atoms with Gasteiger partial charge < -0.3 is 10.2 Å². The zero-order valence-electron chi connectivity index (χ0n) is 17.5. The van der Waals surface area contributed by atoms with Gasteiger partial charge in [0.15, 0.2) is 11.5 Å². The highest BCUT2D eigenvalue weighted by molar-refractivity contribution is 7.92. The van der Waals surface area contributed by atoms with Crippen LogP contribution in [0.25, 0.3) is 0 Å². The lowest BCUT2D eigenvalue weighted by atomic mass is 10.1. The maximum absolute atomic E-state index is 12.5. The van der Waals surface area contributed by atoms with Crippen LogP contribution in [-0.2, 0) is 10.0 Å². The summed E-state index contributed by atoms with van der Waals surface area (Å²) in [6, 6.07) is 10.9. The van der Waals surface area contributed by atoms with Crippen molar-refractivity contribution in [2.75, 3.05) is 28.0 Å². The Morgan fingerprint density at radius 2 is 1.72 bits per heavy atom. The van der Waals surface area contributed by atoms with Crippen molar-refractivity contribution in [2.24, 2.45) is 0 Å². The second-order valence-corrected chi connectivity index (χ2v) is 9.11. The van der Waals surface area contributed by atoms with Crippen LogP contribution < -0.4 is 14.9 Å². The van der Waals surface area contributed by atoms with Gasteiger partial charge in [-0.05, 0) is 68.7 Å². The Morgan fingerprint density at radius 3 is 2.38 bits per heavy atom. The summed E-state index contributed by atoms with van der Waals surface area (Å²) in [5.74, 6) is 0.333. The summed E-state index contributed by atoms with van der Waals surface area (Å²) in [5, 5.41) is 10.9. The Morgan fingerprint density at radius 1 is 0.969 bits per heavy atom. The molecule has 0 unspecified atom stereocenters. The van der Waals surface area contributed by atoms with Gasteiger partial charge in [0.2, 0.25) is 5.95 Å². The molecule has 1 aliphatic rings. The molecule has 166 valence electrons. The molecule has 3 aromatic rings. The van der Waals surface area contributed by atoms with Crippen LogP contribution in [0.15, 0.2) is 53.6 Å². The smallest absolute Gasteiger partial charge is 0.276 e. The Bertz CT molecular complexity index is 1190. The lowest BCUT2D eigenvalue weighted by molar-refractivity contribution is 0.102. The molecule has 0 aliphatic carbocycles. The zero-order chi connectivity index (χ0) is 22.6. The maximum Gasteiger partial charge on any atom is 0.276 e. The molecular formula is C21H23N7O3S. The van der Waals surface area contributed by atoms with E-state index in [1.165, 1.54) is 36.9 Å². The molecule has 1 amide bonds. The fourth-order valence-electron chi connectivity index (χ4n) is 3.33. The van der Waals surface area contributed by atoms with Crippen LogP contribution >= 0.6 is 0 Å². The number of hydrogen-bond acceptors (Lipinski definition) is 8. The number of aromatic nitrogens is 4. The van der Waals surface area contributed by atoms with E-state index >= 15 is 0 Å². The van der Waals surface area contributed by atoms with Gasteiger partial charge in [-0.3, -0.25) is 4.79 Å². The Labute approximate surface area is 186 Å². The number of rotatable bonds is 6. The van der Waals surface area contributed by atoms with Gasteiger partial charge in [-0.15, -0.1) is 10.2 Å². The molecule has 0 bridgehead atoms. The molecule has 2 N–H and O–H groups in total. The first kappa shape index (κ1) is 21.6. The van der Waals surface area contributed by atoms with Gasteiger partial charge in [-0.1, -0.05) is 0 Å². The number of piperidine rings is 1. The number of anilines is 3. The number of carbonyl (C=O) groups is 1. The largest absolute Gasteiger partial charge is 0.355 e. The minimum Gasteiger partial charge on any atom is -0.355 e. The third kappa shape index (κ3) is 5.17. The van der Waals surface area contributed by atoms with Crippen molar-refractivity contribution < 1.29 is 13.2 Å². The highest BCUT2D eigenvalue weighted by Crippen LogP contribution is 2.19. The molecule has 0 radical (unpaired) electrons. The van der Waals surface area contributed by atoms with Crippen LogP contribution in [0.2, 0.25) is 0 Å². The lowest BCUT2D eigenvalue weighted by Gasteiger charge is -2.27. The minimum absolute atomic E-state index is 0.00560. The Hall–Kier alpha value is -3.60. The zero-order valence-corrected chi connectivity index (χ0v) is 18.3. The molecule has 1 aromatic carbocycles. The molecule has 1 aliphatic heterocycles. The van der Waals surface area contributed by atoms with Gasteiger partial charge in [-0.2, -0.15) is 0 Å². The summed E-state index contributed by atoms with van der Waals surface area (Å²) < 4.78 is 27.4. The van der Waals surface area contributed by atoms with Gasteiger partial charge in [-0.25, -0.2) is 23.1 Å². The fourth-order valence-corrected chi connectivity index (χ4v) is 4.28. The summed E-state index contributed by atoms with van der Waals surface area (Å²) >= 11 is 0. The van der Waals surface area contributed by atoms with Gasteiger partial charge >= 0.3 is 0 Å². The van der Waals surface area contributed by atoms with E-state index in [0.717, 1.165) is 31.7 Å². The summed E-state index contributed by atoms with van der Waals surface area (Å²) in [6.07, 6.45) is 4.95. The molecule has 2 aromatic heterocycles. The quantitative estimate of drug-likeness (QED) is 0.582. The van der Waals surface area contributed by atoms with Crippen LogP contribution in [0.4, 0.5) is 17.5 Å². The third-order valence-electron chi connectivity index (χ3n) is 5.01. The van der Waals surface area contributed by atoms with Crippen molar-refractivity contribution in [1.29, 1.82) is 0 Å². The number of amides is 1. The molecule has 32 heavy (non-hydrogen) atoms. The van der Waals surface area contributed by atoms with E-state index in [4.69, 9.17) is 0 Å². The molecule has 0 atom stereocenters. The summed E-state index contributed by atoms with van der Waals surface area (Å²) in [6.45, 7) is 3.63. The highest BCUT2D eigenvalue weighted by Gasteiger charge is 2.17. The number of nitrogens with zero attached hydrogens (tertiary/aromatic N) is 5. The van der Waals surface area contributed by atoms with Crippen LogP contribution in [0.1, 0.15) is 35.4 Å². The van der Waals surface area contributed by atoms with E-state index in [9.17, 15) is 13.2 Å². The fraction of sp³-hybridized carbons (Fsp3) is 0.286. The van der Waals surface area contributed by atoms with Crippen LogP contribution in [0, 0.1) is 6.92 Å². The van der Waals surface area contributed by atoms with E-state index < -0.39 is 15.9 Å². The number of nitrogens with one attached hydrogen (secondary N) is 2. The van der Waals surface area contributed by atoms with Gasteiger partial charge in [0.05, 0.1) is 4.90 Å². The van der Waals surface area contributed by atoms with Crippen molar-refractivity contribution in [3.8, 4) is 0 Å². The molecule has 4 rings (SSSR count). The SMILES string of the molecule is Cc1ccnc(NS(=O)(=O)c2ccc(NC(=O)c3ccc(N4CCCCC4)nn3)cc2)n1. The summed E-state index contributed by atoms with van der Waals surface area (Å²) in [4.78, 5) is 22.6. The third-order valence-corrected chi connectivity index (χ3v) is 6.35. The predicted molar refractivity (Wildman–Crippen MR) is 120 cm³/mol. The van der Waals surface area contributed by atoms with Crippen LogP contribution in [0.5, 0.6) is 0 Å². The number of hydrogen-bond donors (Lipinski definition) is 2. The van der Waals surface area contributed by atoms with E-state index in [2.05, 4.69) is 35.1 Å². The van der Waals surface area contributed by atoms with Crippen molar-refractivity contribution in [2.45, 2.75) is 31.1 Å². The number of carbonyl (C=O) groups excluding carboxylic acids is 1. The number of sulfonamides is 1. The van der Waals surface area contributed by atoms with Gasteiger partial charge in [0, 0.05) is 30.7 Å². The maximum atomic E-state index is 12.5. The molecule has 0 saturated carbocycles. The van der Waals surface area contributed by atoms with Crippen molar-refractivity contribution in [3.05, 3.63) is 60.0 Å². The minimum atomic E-state index is -3.86. The van der Waals surface area contributed by atoms with E-state index in [1.54, 1.807) is 25.1 Å². The topological polar surface area (TPSA) is 130 Å². The number of aryl methyl sites for hydroxylation is 1. The Kier molecular flexibility index (Phi) is 6.26. The molecule has 1 saturated heterocycles. The monoisotopic (exact) mass is 453 g/mol. The average Bonchev–Trinajstić information content (AvgIpc) is 2.80. The Balaban J connectivity index is 1.40. The average molecular weight is 454 g/mol. The predicted octanol–water partition coefficient (Wildman–Crippen LogP) is 2.62. The van der Waals surface area contributed by atoms with Crippen molar-refractivity contribution >= 4 is 33.4 Å². The molecule has 3 heterocycles. The lowest BCUT2D eigenvalue weighted by Crippen LogP contribution is -2.30. The highest BCUT2D eigenvalue weighted by atomic mass is 32.2. The van der Waals surface area contributed by atoms with E-state index in [-0.39, 0.29) is 16.5 Å². The standard InChI is InChI=1S/C21H23N7O3S/c1-15-11-12-22-21(23-15)27-32(30,31)17-7-5-16(6-8-17)24-20(29)18-9-10-19(26-25-18)28-13-3-2-4-14-28/h5-12H,2-4,13-14H2,1H3,(H,24,29)(H,22,23,27).